The van der Waals surface area contributed by atoms with E-state index in [1.54, 1.807) is 12.4 Å². The SMILES string of the molecule is O=C([C@@H]1Cc2cc(Cl)cc(-c3ccnc4[nH]c(Cc5ccccc5)cc34)c2O1)N1CCNCC1.O=C([C@H]1Cc2cc(Cl)cc(-c3ccnc4[nH]c(Cc5ccccc5)cc34)c2O1)N1CCNCC1. The Morgan fingerprint density at radius 1 is 0.544 bits per heavy atom. The first-order chi connectivity index (χ1) is 33.3. The van der Waals surface area contributed by atoms with E-state index in [1.807, 2.05) is 82.6 Å². The first-order valence-corrected chi connectivity index (χ1v) is 24.1. The van der Waals surface area contributed by atoms with Gasteiger partial charge in [0.15, 0.2) is 12.2 Å². The molecule has 2 amide bonds. The number of nitrogens with one attached hydrogen (secondary N) is 4. The monoisotopic (exact) mass is 944 g/mol. The van der Waals surface area contributed by atoms with Crippen LogP contribution < -0.4 is 20.1 Å². The van der Waals surface area contributed by atoms with Crippen molar-refractivity contribution in [1.29, 1.82) is 0 Å². The number of aromatic nitrogens is 4. The van der Waals surface area contributed by atoms with Gasteiger partial charge in [-0.05, 0) is 70.8 Å². The fourth-order valence-electron chi connectivity index (χ4n) is 9.96. The Balaban J connectivity index is 0.000000149. The van der Waals surface area contributed by atoms with Crippen LogP contribution in [0.1, 0.15) is 33.6 Å². The molecule has 2 saturated heterocycles. The summed E-state index contributed by atoms with van der Waals surface area (Å²) in [5.74, 6) is 1.59. The van der Waals surface area contributed by atoms with Gasteiger partial charge in [0.1, 0.15) is 22.8 Å². The van der Waals surface area contributed by atoms with E-state index in [2.05, 4.69) is 67.0 Å². The van der Waals surface area contributed by atoms with Crippen LogP contribution >= 0.6 is 23.2 Å². The lowest BCUT2D eigenvalue weighted by molar-refractivity contribution is -0.139. The second-order valence-electron chi connectivity index (χ2n) is 17.8. The Labute approximate surface area is 404 Å². The minimum atomic E-state index is -0.512. The molecule has 4 aromatic heterocycles. The van der Waals surface area contributed by atoms with E-state index in [1.165, 1.54) is 11.1 Å². The summed E-state index contributed by atoms with van der Waals surface area (Å²) in [5, 5.41) is 9.88. The molecule has 2 fully saturated rings. The number of rotatable bonds is 8. The van der Waals surface area contributed by atoms with E-state index in [4.69, 9.17) is 32.7 Å². The van der Waals surface area contributed by atoms with Gasteiger partial charge >= 0.3 is 0 Å². The zero-order valence-corrected chi connectivity index (χ0v) is 38.9. The topological polar surface area (TPSA) is 140 Å². The molecule has 0 bridgehead atoms. The number of H-pyrrole nitrogens is 2. The molecule has 4 N–H and O–H groups in total. The number of nitrogens with zero attached hydrogens (tertiary/aromatic N) is 4. The molecule has 2 atom stereocenters. The number of benzene rings is 4. The largest absolute Gasteiger partial charge is 0.479 e. The van der Waals surface area contributed by atoms with Crippen LogP contribution in [0.5, 0.6) is 11.5 Å². The van der Waals surface area contributed by atoms with Gasteiger partial charge in [0.2, 0.25) is 0 Å². The van der Waals surface area contributed by atoms with Crippen LogP contribution in [0.3, 0.4) is 0 Å². The number of carbonyl (C=O) groups is 2. The van der Waals surface area contributed by atoms with Crippen LogP contribution in [-0.2, 0) is 35.3 Å². The zero-order chi connectivity index (χ0) is 46.1. The average molecular weight is 946 g/mol. The van der Waals surface area contributed by atoms with E-state index >= 15 is 0 Å². The number of halogens is 2. The Morgan fingerprint density at radius 3 is 1.37 bits per heavy atom. The quantitative estimate of drug-likeness (QED) is 0.119. The number of fused-ring (bicyclic) bond motifs is 4. The van der Waals surface area contributed by atoms with Gasteiger partial charge in [-0.2, -0.15) is 0 Å². The van der Waals surface area contributed by atoms with Crippen LogP contribution in [0, 0.1) is 0 Å². The van der Waals surface area contributed by atoms with E-state index in [0.717, 1.165) is 117 Å². The zero-order valence-electron chi connectivity index (χ0n) is 37.4. The van der Waals surface area contributed by atoms with Gasteiger partial charge in [0.25, 0.3) is 11.8 Å². The van der Waals surface area contributed by atoms with Gasteiger partial charge in [-0.1, -0.05) is 83.9 Å². The second kappa shape index (κ2) is 19.1. The van der Waals surface area contributed by atoms with Crippen molar-refractivity contribution in [2.75, 3.05) is 52.4 Å². The van der Waals surface area contributed by atoms with E-state index in [9.17, 15) is 9.59 Å². The van der Waals surface area contributed by atoms with E-state index in [-0.39, 0.29) is 11.8 Å². The maximum Gasteiger partial charge on any atom is 0.264 e. The Bertz CT molecular complexity index is 2940. The number of hydrogen-bond acceptors (Lipinski definition) is 8. The minimum absolute atomic E-state index is 0.0476. The van der Waals surface area contributed by atoms with Crippen molar-refractivity contribution in [3.05, 3.63) is 165 Å². The van der Waals surface area contributed by atoms with Crippen LogP contribution in [-0.4, -0.2) is 106 Å². The van der Waals surface area contributed by atoms with Crippen molar-refractivity contribution in [2.45, 2.75) is 37.9 Å². The van der Waals surface area contributed by atoms with Gasteiger partial charge in [-0.3, -0.25) is 9.59 Å². The lowest BCUT2D eigenvalue weighted by atomic mass is 9.98. The van der Waals surface area contributed by atoms with Crippen molar-refractivity contribution in [1.82, 2.24) is 40.4 Å². The number of amides is 2. The lowest BCUT2D eigenvalue weighted by Gasteiger charge is -2.29. The molecule has 8 aromatic rings. The molecule has 4 aromatic carbocycles. The van der Waals surface area contributed by atoms with Crippen molar-refractivity contribution < 1.29 is 19.1 Å². The van der Waals surface area contributed by atoms with Gasteiger partial charge < -0.3 is 39.9 Å². The number of hydrogen-bond donors (Lipinski definition) is 4. The number of pyridine rings is 2. The number of piperazine rings is 2. The number of aromatic amines is 2. The fraction of sp³-hybridized carbons (Fsp3) is 0.259. The van der Waals surface area contributed by atoms with Gasteiger partial charge in [0, 0.05) is 145 Å². The molecule has 68 heavy (non-hydrogen) atoms. The Kier molecular flexibility index (Phi) is 12.3. The molecule has 344 valence electrons. The summed E-state index contributed by atoms with van der Waals surface area (Å²) in [6, 6.07) is 36.7. The van der Waals surface area contributed by atoms with Crippen LogP contribution in [0.4, 0.5) is 0 Å². The highest BCUT2D eigenvalue weighted by molar-refractivity contribution is 6.31. The third kappa shape index (κ3) is 9.04. The van der Waals surface area contributed by atoms with Crippen molar-refractivity contribution in [3.63, 3.8) is 0 Å². The molecule has 12 nitrogen and oxygen atoms in total. The predicted molar refractivity (Wildman–Crippen MR) is 267 cm³/mol. The molecule has 0 radical (unpaired) electrons. The molecule has 0 aliphatic carbocycles. The molecule has 0 unspecified atom stereocenters. The molecule has 12 rings (SSSR count). The van der Waals surface area contributed by atoms with Crippen LogP contribution in [0.25, 0.3) is 44.3 Å². The summed E-state index contributed by atoms with van der Waals surface area (Å²) in [6.07, 6.45) is 5.23. The van der Waals surface area contributed by atoms with Gasteiger partial charge in [0.05, 0.1) is 0 Å². The second-order valence-corrected chi connectivity index (χ2v) is 18.7. The molecule has 8 heterocycles. The fourth-order valence-corrected chi connectivity index (χ4v) is 10.4. The molecule has 0 spiro atoms. The van der Waals surface area contributed by atoms with Crippen LogP contribution in [0.15, 0.2) is 122 Å². The van der Waals surface area contributed by atoms with Gasteiger partial charge in [-0.15, -0.1) is 0 Å². The van der Waals surface area contributed by atoms with Crippen molar-refractivity contribution >= 4 is 57.1 Å². The normalized spacial score (nSPS) is 17.6. The summed E-state index contributed by atoms with van der Waals surface area (Å²) in [6.45, 7) is 6.10. The third-order valence-electron chi connectivity index (χ3n) is 13.2. The maximum absolute atomic E-state index is 13.1. The first kappa shape index (κ1) is 43.8. The maximum atomic E-state index is 13.1. The molecular formula is C54H50Cl2N8O4. The average Bonchev–Trinajstić information content (AvgIpc) is 4.19. The number of carbonyl (C=O) groups excluding carboxylic acids is 2. The molecular weight excluding hydrogens is 896 g/mol. The van der Waals surface area contributed by atoms with Crippen LogP contribution in [0.2, 0.25) is 10.0 Å². The van der Waals surface area contributed by atoms with E-state index in [0.29, 0.717) is 49.1 Å². The highest BCUT2D eigenvalue weighted by atomic mass is 35.5. The van der Waals surface area contributed by atoms with E-state index < -0.39 is 12.2 Å². The predicted octanol–water partition coefficient (Wildman–Crippen LogP) is 8.42. The Hall–Kier alpha value is -6.70. The van der Waals surface area contributed by atoms with Crippen molar-refractivity contribution in [2.24, 2.45) is 0 Å². The molecule has 14 heteroatoms. The van der Waals surface area contributed by atoms with Crippen molar-refractivity contribution in [3.8, 4) is 33.8 Å². The summed E-state index contributed by atoms with van der Waals surface area (Å²) in [7, 11) is 0. The first-order valence-electron chi connectivity index (χ1n) is 23.3. The molecule has 4 aliphatic rings. The number of ether oxygens (including phenoxy) is 2. The summed E-state index contributed by atoms with van der Waals surface area (Å²) >= 11 is 13.1. The molecule has 4 aliphatic heterocycles. The third-order valence-corrected chi connectivity index (χ3v) is 13.7. The Morgan fingerprint density at radius 2 is 0.956 bits per heavy atom. The lowest BCUT2D eigenvalue weighted by Crippen LogP contribution is -2.50. The smallest absolute Gasteiger partial charge is 0.264 e. The summed E-state index contributed by atoms with van der Waals surface area (Å²) in [5.41, 5.74) is 12.0. The summed E-state index contributed by atoms with van der Waals surface area (Å²) < 4.78 is 12.6. The summed E-state index contributed by atoms with van der Waals surface area (Å²) in [4.78, 5) is 46.0. The highest BCUT2D eigenvalue weighted by Gasteiger charge is 2.37. The minimum Gasteiger partial charge on any atom is -0.479 e. The highest BCUT2D eigenvalue weighted by Crippen LogP contribution is 2.45. The standard InChI is InChI=1S/2C27H25ClN4O2/c2*28-19-13-18-14-24(27(33)32-10-8-29-9-11-32)34-25(18)22(15-19)21-6-7-30-26-23(21)16-20(31-26)12-17-4-2-1-3-5-17/h2*1-7,13,15-16,24,29H,8-12,14H2,(H,30,31)/t2*24-/m10/s1. The van der Waals surface area contributed by atoms with Gasteiger partial charge in [-0.25, -0.2) is 9.97 Å². The molecule has 0 saturated carbocycles.